The van der Waals surface area contributed by atoms with Crippen molar-refractivity contribution in [2.45, 2.75) is 26.3 Å². The van der Waals surface area contributed by atoms with Gasteiger partial charge in [-0.1, -0.05) is 33.6 Å². The van der Waals surface area contributed by atoms with Gasteiger partial charge in [0, 0.05) is 41.7 Å². The Morgan fingerprint density at radius 2 is 2.32 bits per heavy atom. The van der Waals surface area contributed by atoms with E-state index in [4.69, 9.17) is 21.1 Å². The number of nitrogens with zero attached hydrogens (tertiary/aromatic N) is 1. The number of benzene rings is 1. The van der Waals surface area contributed by atoms with Crippen LogP contribution in [0.25, 0.3) is 0 Å². The molecular formula is C18H27BrClN3O2. The van der Waals surface area contributed by atoms with Crippen LogP contribution in [0.3, 0.4) is 0 Å². The largest absolute Gasteiger partial charge is 0.381 e. The molecule has 0 aromatic heterocycles. The highest BCUT2D eigenvalue weighted by molar-refractivity contribution is 9.10. The highest BCUT2D eigenvalue weighted by Crippen LogP contribution is 2.21. The number of guanidine groups is 1. The van der Waals surface area contributed by atoms with Crippen molar-refractivity contribution in [1.29, 1.82) is 0 Å². The van der Waals surface area contributed by atoms with E-state index in [1.807, 2.05) is 18.2 Å². The molecule has 0 spiro atoms. The first-order valence-corrected chi connectivity index (χ1v) is 9.97. The summed E-state index contributed by atoms with van der Waals surface area (Å²) in [6.07, 6.45) is 2.06. The van der Waals surface area contributed by atoms with Crippen LogP contribution in [0.15, 0.2) is 27.7 Å². The summed E-state index contributed by atoms with van der Waals surface area (Å²) < 4.78 is 12.0. The Morgan fingerprint density at radius 3 is 3.04 bits per heavy atom. The average Bonchev–Trinajstić information content (AvgIpc) is 3.10. The molecule has 1 aromatic rings. The third-order valence-electron chi connectivity index (χ3n) is 3.90. The monoisotopic (exact) mass is 431 g/mol. The predicted molar refractivity (Wildman–Crippen MR) is 106 cm³/mol. The molecule has 1 fully saturated rings. The van der Waals surface area contributed by atoms with Gasteiger partial charge in [0.15, 0.2) is 5.96 Å². The Labute approximate surface area is 163 Å². The molecule has 140 valence electrons. The number of aliphatic imine (C=N–C) groups is 1. The summed E-state index contributed by atoms with van der Waals surface area (Å²) in [5.41, 5.74) is 1.00. The fourth-order valence-electron chi connectivity index (χ4n) is 2.50. The van der Waals surface area contributed by atoms with Gasteiger partial charge in [-0.2, -0.15) is 0 Å². The molecule has 5 nitrogen and oxygen atoms in total. The van der Waals surface area contributed by atoms with Gasteiger partial charge in [0.1, 0.15) is 0 Å². The average molecular weight is 433 g/mol. The van der Waals surface area contributed by atoms with Crippen molar-refractivity contribution in [3.8, 4) is 0 Å². The van der Waals surface area contributed by atoms with Gasteiger partial charge in [-0.3, -0.25) is 0 Å². The number of hydrogen-bond donors (Lipinski definition) is 2. The molecule has 25 heavy (non-hydrogen) atoms. The molecule has 1 heterocycles. The van der Waals surface area contributed by atoms with Crippen LogP contribution in [0.5, 0.6) is 0 Å². The van der Waals surface area contributed by atoms with Gasteiger partial charge in [0.2, 0.25) is 0 Å². The fourth-order valence-corrected chi connectivity index (χ4v) is 3.23. The number of ether oxygens (including phenoxy) is 2. The second-order valence-corrected chi connectivity index (χ2v) is 7.34. The van der Waals surface area contributed by atoms with E-state index in [0.29, 0.717) is 12.5 Å². The van der Waals surface area contributed by atoms with Crippen LogP contribution in [0.2, 0.25) is 5.02 Å². The Hall–Kier alpha value is -0.820. The number of rotatable bonds is 9. The molecule has 0 bridgehead atoms. The predicted octanol–water partition coefficient (Wildman–Crippen LogP) is 3.60. The smallest absolute Gasteiger partial charge is 0.191 e. The first-order valence-electron chi connectivity index (χ1n) is 8.80. The molecule has 1 aliphatic rings. The normalized spacial score (nSPS) is 17.7. The molecular weight excluding hydrogens is 406 g/mol. The second-order valence-electron chi connectivity index (χ2n) is 6.02. The van der Waals surface area contributed by atoms with Gasteiger partial charge in [-0.05, 0) is 37.5 Å². The van der Waals surface area contributed by atoms with Crippen LogP contribution < -0.4 is 10.6 Å². The van der Waals surface area contributed by atoms with Crippen molar-refractivity contribution >= 4 is 33.5 Å². The van der Waals surface area contributed by atoms with Crippen molar-refractivity contribution < 1.29 is 9.47 Å². The van der Waals surface area contributed by atoms with E-state index in [1.54, 1.807) is 0 Å². The summed E-state index contributed by atoms with van der Waals surface area (Å²) in [6, 6.07) is 5.85. The third kappa shape index (κ3) is 7.94. The maximum Gasteiger partial charge on any atom is 0.191 e. The Bertz CT molecular complexity index is 551. The van der Waals surface area contributed by atoms with Crippen molar-refractivity contribution in [2.75, 3.05) is 39.5 Å². The molecule has 0 saturated carbocycles. The Kier molecular flexibility index (Phi) is 9.61. The van der Waals surface area contributed by atoms with Crippen LogP contribution in [0.4, 0.5) is 0 Å². The first kappa shape index (κ1) is 20.5. The zero-order valence-corrected chi connectivity index (χ0v) is 17.0. The number of nitrogens with one attached hydrogen (secondary N) is 2. The first-order chi connectivity index (χ1) is 12.2. The van der Waals surface area contributed by atoms with Crippen LogP contribution >= 0.6 is 27.5 Å². The van der Waals surface area contributed by atoms with E-state index in [2.05, 4.69) is 38.5 Å². The maximum atomic E-state index is 6.24. The van der Waals surface area contributed by atoms with Gasteiger partial charge in [0.25, 0.3) is 0 Å². The minimum atomic E-state index is 0.541. The maximum absolute atomic E-state index is 6.24. The number of halogens is 2. The van der Waals surface area contributed by atoms with Gasteiger partial charge in [-0.15, -0.1) is 0 Å². The lowest BCUT2D eigenvalue weighted by molar-refractivity contribution is 0.0888. The van der Waals surface area contributed by atoms with Crippen molar-refractivity contribution in [1.82, 2.24) is 10.6 Å². The summed E-state index contributed by atoms with van der Waals surface area (Å²) in [7, 11) is 0. The lowest BCUT2D eigenvalue weighted by Crippen LogP contribution is -2.38. The summed E-state index contributed by atoms with van der Waals surface area (Å²) in [4.78, 5) is 4.59. The molecule has 1 aliphatic heterocycles. The van der Waals surface area contributed by atoms with Crippen molar-refractivity contribution in [2.24, 2.45) is 10.9 Å². The molecule has 1 unspecified atom stereocenters. The van der Waals surface area contributed by atoms with E-state index >= 15 is 0 Å². The summed E-state index contributed by atoms with van der Waals surface area (Å²) >= 11 is 9.65. The molecule has 1 aromatic carbocycles. The second kappa shape index (κ2) is 11.7. The van der Waals surface area contributed by atoms with Crippen LogP contribution in [0.1, 0.15) is 25.3 Å². The summed E-state index contributed by atoms with van der Waals surface area (Å²) in [5.74, 6) is 1.37. The SMILES string of the molecule is CCNC(=NCc1ccc(Br)cc1Cl)NCCCOCC1CCOC1. The summed E-state index contributed by atoms with van der Waals surface area (Å²) in [6.45, 7) is 7.50. The zero-order chi connectivity index (χ0) is 17.9. The minimum absolute atomic E-state index is 0.541. The van der Waals surface area contributed by atoms with Crippen LogP contribution in [-0.2, 0) is 16.0 Å². The lowest BCUT2D eigenvalue weighted by Gasteiger charge is -2.12. The molecule has 2 N–H and O–H groups in total. The molecule has 7 heteroatoms. The van der Waals surface area contributed by atoms with Crippen molar-refractivity contribution in [3.05, 3.63) is 33.3 Å². The Morgan fingerprint density at radius 1 is 1.44 bits per heavy atom. The lowest BCUT2D eigenvalue weighted by atomic mass is 10.1. The van der Waals surface area contributed by atoms with Gasteiger partial charge in [0.05, 0.1) is 19.8 Å². The van der Waals surface area contributed by atoms with E-state index in [9.17, 15) is 0 Å². The molecule has 2 rings (SSSR count). The van der Waals surface area contributed by atoms with E-state index in [1.165, 1.54) is 0 Å². The standard InChI is InChI=1S/C18H27BrClN3O2/c1-2-21-18(23-11-15-4-5-16(19)10-17(15)20)22-7-3-8-24-12-14-6-9-25-13-14/h4-5,10,14H,2-3,6-9,11-13H2,1H3,(H2,21,22,23). The fraction of sp³-hybridized carbons (Fsp3) is 0.611. The Balaban J connectivity index is 1.68. The molecule has 1 saturated heterocycles. The van der Waals surface area contributed by atoms with Gasteiger partial charge >= 0.3 is 0 Å². The topological polar surface area (TPSA) is 54.9 Å². The zero-order valence-electron chi connectivity index (χ0n) is 14.7. The molecule has 0 amide bonds. The quantitative estimate of drug-likeness (QED) is 0.356. The summed E-state index contributed by atoms with van der Waals surface area (Å²) in [5, 5.41) is 7.30. The molecule has 1 atom stereocenters. The van der Waals surface area contributed by atoms with E-state index < -0.39 is 0 Å². The van der Waals surface area contributed by atoms with E-state index in [-0.39, 0.29) is 0 Å². The number of hydrogen-bond acceptors (Lipinski definition) is 3. The van der Waals surface area contributed by atoms with Gasteiger partial charge < -0.3 is 20.1 Å². The van der Waals surface area contributed by atoms with Crippen LogP contribution in [0, 0.1) is 5.92 Å². The minimum Gasteiger partial charge on any atom is -0.381 e. The highest BCUT2D eigenvalue weighted by Gasteiger charge is 2.15. The van der Waals surface area contributed by atoms with E-state index in [0.717, 1.165) is 73.4 Å². The highest BCUT2D eigenvalue weighted by atomic mass is 79.9. The van der Waals surface area contributed by atoms with Crippen LogP contribution in [-0.4, -0.2) is 45.5 Å². The molecule has 0 radical (unpaired) electrons. The molecule has 0 aliphatic carbocycles. The van der Waals surface area contributed by atoms with Crippen molar-refractivity contribution in [3.63, 3.8) is 0 Å². The van der Waals surface area contributed by atoms with Gasteiger partial charge in [-0.25, -0.2) is 4.99 Å². The third-order valence-corrected chi connectivity index (χ3v) is 4.75.